The highest BCUT2D eigenvalue weighted by Gasteiger charge is 2.54. The molecule has 4 N–H and O–H groups in total. The molecule has 11 nitrogen and oxygen atoms in total. The Labute approximate surface area is 189 Å². The van der Waals surface area contributed by atoms with Gasteiger partial charge in [0.05, 0.1) is 12.0 Å². The maximum absolute atomic E-state index is 13.1. The van der Waals surface area contributed by atoms with Crippen LogP contribution in [0.15, 0.2) is 34.7 Å². The molecule has 0 aromatic carbocycles. The van der Waals surface area contributed by atoms with Gasteiger partial charge in [0.2, 0.25) is 0 Å². The van der Waals surface area contributed by atoms with Crippen LogP contribution in [0.25, 0.3) is 5.57 Å². The summed E-state index contributed by atoms with van der Waals surface area (Å²) in [5.41, 5.74) is 6.30. The molecule has 32 heavy (non-hydrogen) atoms. The lowest BCUT2D eigenvalue weighted by Gasteiger charge is -2.49. The van der Waals surface area contributed by atoms with Gasteiger partial charge in [0.1, 0.15) is 35.1 Å². The summed E-state index contributed by atoms with van der Waals surface area (Å²) in [7, 11) is 0. The molecule has 2 amide bonds. The van der Waals surface area contributed by atoms with E-state index in [0.717, 1.165) is 4.90 Å². The number of carbonyl (C=O) groups excluding carboxylic acids is 3. The number of rotatable bonds is 6. The van der Waals surface area contributed by atoms with Crippen LogP contribution < -0.4 is 11.1 Å². The molecule has 0 saturated carbocycles. The van der Waals surface area contributed by atoms with Gasteiger partial charge in [0.25, 0.3) is 11.8 Å². The first-order chi connectivity index (χ1) is 15.3. The number of thioether (sulfide) groups is 1. The number of hydrogen-bond donors (Lipinski definition) is 3. The lowest BCUT2D eigenvalue weighted by Crippen LogP contribution is -2.70. The zero-order chi connectivity index (χ0) is 23.0. The van der Waals surface area contributed by atoms with Gasteiger partial charge in [-0.2, -0.15) is 0 Å². The lowest BCUT2D eigenvalue weighted by molar-refractivity contribution is -0.150. The molecule has 2 atom stereocenters. The number of fused-ring (bicyclic) bond motifs is 1. The summed E-state index contributed by atoms with van der Waals surface area (Å²) in [5, 5.41) is 13.6. The number of β-lactam (4-membered cyclic amide) rings is 1. The zero-order valence-electron chi connectivity index (χ0n) is 16.7. The topological polar surface area (TPSA) is 161 Å². The lowest BCUT2D eigenvalue weighted by atomic mass is 10.0. The number of carbonyl (C=O) groups is 4. The molecule has 0 aliphatic carbocycles. The first-order valence-corrected chi connectivity index (χ1v) is 11.3. The average Bonchev–Trinajstić information content (AvgIpc) is 3.42. The number of aromatic nitrogens is 1. The van der Waals surface area contributed by atoms with Crippen molar-refractivity contribution in [2.45, 2.75) is 24.8 Å². The third-order valence-electron chi connectivity index (χ3n) is 4.88. The fourth-order valence-corrected chi connectivity index (χ4v) is 5.36. The van der Waals surface area contributed by atoms with Crippen molar-refractivity contribution in [3.05, 3.63) is 40.4 Å². The van der Waals surface area contributed by atoms with Crippen molar-refractivity contribution in [2.24, 2.45) is 0 Å². The molecule has 4 heterocycles. The van der Waals surface area contributed by atoms with Crippen LogP contribution in [-0.2, 0) is 28.7 Å². The van der Waals surface area contributed by atoms with E-state index in [2.05, 4.69) is 10.3 Å². The van der Waals surface area contributed by atoms with Crippen LogP contribution in [0.2, 0.25) is 0 Å². The molecular weight excluding hydrogens is 460 g/mol. The Morgan fingerprint density at radius 1 is 1.44 bits per heavy atom. The Balaban J connectivity index is 1.55. The number of nitrogen functional groups attached to an aromatic ring is 1. The molecule has 0 radical (unpaired) electrons. The molecule has 3 aliphatic rings. The Kier molecular flexibility index (Phi) is 5.93. The zero-order valence-corrected chi connectivity index (χ0v) is 18.3. The van der Waals surface area contributed by atoms with Crippen LogP contribution in [-0.4, -0.2) is 62.5 Å². The summed E-state index contributed by atoms with van der Waals surface area (Å²) in [5.74, 6) is -2.38. The number of allylic oxidation sites excluding steroid dienone is 1. The number of hydrogen-bond acceptors (Lipinski definition) is 10. The highest BCUT2D eigenvalue weighted by atomic mass is 32.2. The molecule has 1 aromatic heterocycles. The third kappa shape index (κ3) is 3.96. The molecule has 13 heteroatoms. The highest BCUT2D eigenvalue weighted by Crippen LogP contribution is 2.41. The van der Waals surface area contributed by atoms with E-state index in [1.54, 1.807) is 11.5 Å². The van der Waals surface area contributed by atoms with Gasteiger partial charge in [-0.1, -0.05) is 0 Å². The fraction of sp³-hybridized carbons (Fsp3) is 0.316. The van der Waals surface area contributed by atoms with Crippen molar-refractivity contribution >= 4 is 57.6 Å². The Bertz CT molecular complexity index is 1100. The number of nitrogens with zero attached hydrogens (tertiary/aromatic N) is 2. The van der Waals surface area contributed by atoms with Crippen LogP contribution in [0.4, 0.5) is 5.13 Å². The van der Waals surface area contributed by atoms with Crippen LogP contribution in [0.3, 0.4) is 0 Å². The molecule has 0 bridgehead atoms. The van der Waals surface area contributed by atoms with Gasteiger partial charge in [-0.05, 0) is 6.08 Å². The minimum atomic E-state index is -1.30. The van der Waals surface area contributed by atoms with Crippen molar-refractivity contribution in [3.8, 4) is 0 Å². The Morgan fingerprint density at radius 2 is 2.22 bits per heavy atom. The molecule has 1 saturated heterocycles. The number of carboxylic acids is 1. The molecule has 1 aromatic rings. The van der Waals surface area contributed by atoms with E-state index in [1.165, 1.54) is 36.3 Å². The predicted octanol–water partition coefficient (Wildman–Crippen LogP) is 0.672. The van der Waals surface area contributed by atoms with Gasteiger partial charge in [0, 0.05) is 30.1 Å². The van der Waals surface area contributed by atoms with Gasteiger partial charge in [-0.3, -0.25) is 19.3 Å². The third-order valence-corrected chi connectivity index (χ3v) is 6.89. The number of amides is 2. The van der Waals surface area contributed by atoms with Crippen LogP contribution >= 0.6 is 23.1 Å². The summed E-state index contributed by atoms with van der Waals surface area (Å²) in [6, 6.07) is -0.932. The maximum Gasteiger partial charge on any atom is 0.352 e. The number of esters is 1. The molecule has 4 rings (SSSR count). The molecule has 0 spiro atoms. The number of nitrogens with one attached hydrogen (secondary N) is 1. The minimum Gasteiger partial charge on any atom is -0.477 e. The molecular formula is C19H18N4O7S2. The van der Waals surface area contributed by atoms with Gasteiger partial charge in [0.15, 0.2) is 5.13 Å². The standard InChI is InChI=1S/C19H18N4O7S2/c1-8(24)30-5-9-6-31-17-13(16(26)23(17)14(9)18(27)28)22-15(25)12(11-3-2-4-29-11)10-7-32-19(20)21-10/h2,4,7,13,17H,3,5-6H2,1H3,(H2,20,21)(H,22,25)(H,27,28)/b12-11+/t13?,17-/m1/s1. The molecule has 168 valence electrons. The van der Waals surface area contributed by atoms with Gasteiger partial charge in [-0.15, -0.1) is 23.1 Å². The van der Waals surface area contributed by atoms with Crippen molar-refractivity contribution in [1.82, 2.24) is 15.2 Å². The average molecular weight is 479 g/mol. The number of carboxylic acid groups (broad SMARTS) is 1. The van der Waals surface area contributed by atoms with Crippen molar-refractivity contribution in [2.75, 3.05) is 18.1 Å². The Morgan fingerprint density at radius 3 is 2.81 bits per heavy atom. The van der Waals surface area contributed by atoms with E-state index in [9.17, 15) is 24.3 Å². The van der Waals surface area contributed by atoms with Crippen molar-refractivity contribution in [1.29, 1.82) is 0 Å². The smallest absolute Gasteiger partial charge is 0.352 e. The largest absolute Gasteiger partial charge is 0.477 e. The predicted molar refractivity (Wildman–Crippen MR) is 115 cm³/mol. The summed E-state index contributed by atoms with van der Waals surface area (Å²) < 4.78 is 10.3. The molecule has 1 unspecified atom stereocenters. The second-order valence-corrected chi connectivity index (χ2v) is 8.96. The normalized spacial score (nSPS) is 23.3. The summed E-state index contributed by atoms with van der Waals surface area (Å²) >= 11 is 2.44. The van der Waals surface area contributed by atoms with Crippen LogP contribution in [0.5, 0.6) is 0 Å². The maximum atomic E-state index is 13.1. The summed E-state index contributed by atoms with van der Waals surface area (Å²) in [4.78, 5) is 54.1. The van der Waals surface area contributed by atoms with E-state index in [4.69, 9.17) is 15.2 Å². The monoisotopic (exact) mass is 478 g/mol. The van der Waals surface area contributed by atoms with E-state index < -0.39 is 35.2 Å². The molecule has 1 fully saturated rings. The first-order valence-electron chi connectivity index (χ1n) is 9.38. The molecule has 3 aliphatic heterocycles. The van der Waals surface area contributed by atoms with Crippen LogP contribution in [0.1, 0.15) is 19.0 Å². The number of ether oxygens (including phenoxy) is 2. The van der Waals surface area contributed by atoms with E-state index in [1.807, 2.05) is 0 Å². The highest BCUT2D eigenvalue weighted by molar-refractivity contribution is 8.00. The van der Waals surface area contributed by atoms with Gasteiger partial charge in [-0.25, -0.2) is 9.78 Å². The number of thiazole rings is 1. The van der Waals surface area contributed by atoms with E-state index in [-0.39, 0.29) is 28.8 Å². The SMILES string of the molecule is CC(=O)OCC1=C(C(=O)O)N2C(=O)C(NC(=O)/C(=C3\CC=CO3)c3csc(N)n3)[C@H]2SC1. The van der Waals surface area contributed by atoms with Crippen molar-refractivity contribution in [3.63, 3.8) is 0 Å². The Hall–Kier alpha value is -3.32. The second-order valence-electron chi connectivity index (χ2n) is 6.96. The summed E-state index contributed by atoms with van der Waals surface area (Å²) in [6.45, 7) is 0.995. The first kappa shape index (κ1) is 21.9. The summed E-state index contributed by atoms with van der Waals surface area (Å²) in [6.07, 6.45) is 3.58. The second kappa shape index (κ2) is 8.67. The van der Waals surface area contributed by atoms with E-state index >= 15 is 0 Å². The van der Waals surface area contributed by atoms with Gasteiger partial charge < -0.3 is 25.6 Å². The number of aliphatic carboxylic acids is 1. The number of nitrogens with two attached hydrogens (primary N) is 1. The van der Waals surface area contributed by atoms with Crippen LogP contribution in [0, 0.1) is 0 Å². The van der Waals surface area contributed by atoms with E-state index in [0.29, 0.717) is 23.4 Å². The minimum absolute atomic E-state index is 0.166. The quantitative estimate of drug-likeness (QED) is 0.301. The fourth-order valence-electron chi connectivity index (χ4n) is 3.48. The van der Waals surface area contributed by atoms with Gasteiger partial charge >= 0.3 is 11.9 Å². The van der Waals surface area contributed by atoms with Crippen molar-refractivity contribution < 1.29 is 33.8 Å². The number of anilines is 1.